The van der Waals surface area contributed by atoms with Crippen LogP contribution in [0.15, 0.2) is 4.90 Å². The Hall–Kier alpha value is -0.510. The van der Waals surface area contributed by atoms with E-state index >= 15 is 0 Å². The van der Waals surface area contributed by atoms with Crippen LogP contribution in [-0.4, -0.2) is 48.8 Å². The molecule has 18 heavy (non-hydrogen) atoms. The van der Waals surface area contributed by atoms with Crippen LogP contribution >= 0.6 is 23.3 Å². The topological polar surface area (TPSA) is 105 Å². The molecule has 0 aromatic carbocycles. The van der Waals surface area contributed by atoms with Gasteiger partial charge in [-0.2, -0.15) is 16.1 Å². The third kappa shape index (κ3) is 4.63. The number of aliphatic hydroxyl groups excluding tert-OH is 1. The van der Waals surface area contributed by atoms with Crippen molar-refractivity contribution in [1.82, 2.24) is 4.37 Å². The van der Waals surface area contributed by atoms with Crippen molar-refractivity contribution in [1.29, 1.82) is 0 Å². The van der Waals surface area contributed by atoms with E-state index in [1.165, 1.54) is 0 Å². The number of rotatable bonds is 8. The van der Waals surface area contributed by atoms with E-state index in [2.05, 4.69) is 9.69 Å². The van der Waals surface area contributed by atoms with Crippen LogP contribution < -0.4 is 11.1 Å². The van der Waals surface area contributed by atoms with E-state index in [1.54, 1.807) is 11.8 Å². The lowest BCUT2D eigenvalue weighted by Crippen LogP contribution is -2.08. The highest BCUT2D eigenvalue weighted by molar-refractivity contribution is 7.99. The zero-order chi connectivity index (χ0) is 13.6. The number of hydrogen-bond donors (Lipinski definition) is 3. The molecule has 9 heteroatoms. The van der Waals surface area contributed by atoms with E-state index in [0.717, 1.165) is 35.7 Å². The van der Waals surface area contributed by atoms with Crippen molar-refractivity contribution in [3.8, 4) is 0 Å². The fourth-order valence-electron chi connectivity index (χ4n) is 1.27. The second-order valence-electron chi connectivity index (χ2n) is 3.61. The van der Waals surface area contributed by atoms with Gasteiger partial charge in [-0.25, -0.2) is 8.42 Å². The number of nitrogens with two attached hydrogens (primary N) is 1. The second-order valence-corrected chi connectivity index (χ2v) is 7.57. The van der Waals surface area contributed by atoms with Crippen molar-refractivity contribution >= 4 is 44.0 Å². The molecule has 0 spiro atoms. The number of anilines is 2. The highest BCUT2D eigenvalue weighted by atomic mass is 32.2. The number of nitrogen functional groups attached to an aromatic ring is 1. The van der Waals surface area contributed by atoms with Gasteiger partial charge in [-0.15, -0.1) is 0 Å². The number of sulfone groups is 1. The molecule has 0 saturated heterocycles. The van der Waals surface area contributed by atoms with Crippen LogP contribution in [0.1, 0.15) is 6.42 Å². The molecule has 4 N–H and O–H groups in total. The van der Waals surface area contributed by atoms with Gasteiger partial charge >= 0.3 is 0 Å². The van der Waals surface area contributed by atoms with Crippen molar-refractivity contribution in [2.45, 2.75) is 11.3 Å². The Kier molecular flexibility index (Phi) is 6.19. The van der Waals surface area contributed by atoms with Crippen LogP contribution in [0.5, 0.6) is 0 Å². The number of nitrogens with one attached hydrogen (secondary N) is 1. The van der Waals surface area contributed by atoms with Crippen molar-refractivity contribution in [2.24, 2.45) is 0 Å². The fourth-order valence-corrected chi connectivity index (χ4v) is 4.15. The lowest BCUT2D eigenvalue weighted by atomic mass is 10.5. The summed E-state index contributed by atoms with van der Waals surface area (Å²) in [5.74, 6) is 1.78. The van der Waals surface area contributed by atoms with Gasteiger partial charge in [0.15, 0.2) is 15.7 Å². The fraction of sp³-hybridized carbons (Fsp3) is 0.667. The van der Waals surface area contributed by atoms with Crippen molar-refractivity contribution in [2.75, 3.05) is 42.0 Å². The summed E-state index contributed by atoms with van der Waals surface area (Å²) >= 11 is 2.76. The number of nitrogens with zero attached hydrogens (tertiary/aromatic N) is 1. The Bertz CT molecular complexity index is 473. The highest BCUT2D eigenvalue weighted by Gasteiger charge is 2.20. The minimum absolute atomic E-state index is 0.0536. The number of hydrogen-bond acceptors (Lipinski definition) is 8. The molecule has 0 bridgehead atoms. The molecule has 1 aromatic rings. The standard InChI is InChI=1S/C9H17N3O3S3/c1-18(14,15)7-8(10)12-17-9(7)11-3-6-16-5-2-4-13/h11,13H,2-6H2,1H3,(H2,10,12). The molecule has 0 saturated carbocycles. The average molecular weight is 311 g/mol. The first-order valence-electron chi connectivity index (χ1n) is 5.34. The summed E-state index contributed by atoms with van der Waals surface area (Å²) < 4.78 is 26.9. The molecule has 0 aliphatic carbocycles. The molecule has 6 nitrogen and oxygen atoms in total. The lowest BCUT2D eigenvalue weighted by Gasteiger charge is -2.05. The zero-order valence-electron chi connectivity index (χ0n) is 10.0. The first kappa shape index (κ1) is 15.5. The summed E-state index contributed by atoms with van der Waals surface area (Å²) in [7, 11) is -3.35. The van der Waals surface area contributed by atoms with Gasteiger partial charge < -0.3 is 16.2 Å². The minimum Gasteiger partial charge on any atom is -0.396 e. The van der Waals surface area contributed by atoms with Gasteiger partial charge in [0, 0.05) is 25.2 Å². The summed E-state index contributed by atoms with van der Waals surface area (Å²) in [6.07, 6.45) is 1.89. The predicted molar refractivity (Wildman–Crippen MR) is 77.2 cm³/mol. The molecule has 104 valence electrons. The molecule has 1 rings (SSSR count). The molecule has 0 amide bonds. The lowest BCUT2D eigenvalue weighted by molar-refractivity contribution is 0.296. The molecule has 1 heterocycles. The third-order valence-electron chi connectivity index (χ3n) is 2.02. The Morgan fingerprint density at radius 3 is 2.83 bits per heavy atom. The Morgan fingerprint density at radius 2 is 2.22 bits per heavy atom. The predicted octanol–water partition coefficient (Wildman–Crippen LogP) is 0.656. The largest absolute Gasteiger partial charge is 0.396 e. The monoisotopic (exact) mass is 311 g/mol. The van der Waals surface area contributed by atoms with Crippen LogP contribution in [0.2, 0.25) is 0 Å². The first-order chi connectivity index (χ1) is 8.46. The van der Waals surface area contributed by atoms with Gasteiger partial charge in [-0.05, 0) is 23.7 Å². The SMILES string of the molecule is CS(=O)(=O)c1c(N)nsc1NCCSCCCO. The second kappa shape index (κ2) is 7.17. The van der Waals surface area contributed by atoms with Gasteiger partial charge in [0.05, 0.1) is 0 Å². The molecule has 0 fully saturated rings. The first-order valence-corrected chi connectivity index (χ1v) is 9.16. The Labute approximate surface area is 115 Å². The zero-order valence-corrected chi connectivity index (χ0v) is 12.5. The average Bonchev–Trinajstić information content (AvgIpc) is 2.64. The normalized spacial score (nSPS) is 11.7. The van der Waals surface area contributed by atoms with Crippen molar-refractivity contribution < 1.29 is 13.5 Å². The van der Waals surface area contributed by atoms with Gasteiger partial charge in [-0.1, -0.05) is 0 Å². The van der Waals surface area contributed by atoms with Crippen LogP contribution in [0.3, 0.4) is 0 Å². The summed E-state index contributed by atoms with van der Waals surface area (Å²) in [5, 5.41) is 12.1. The van der Waals surface area contributed by atoms with Gasteiger partial charge in [0.25, 0.3) is 0 Å². The molecule has 0 aliphatic heterocycles. The minimum atomic E-state index is -3.35. The maximum atomic E-state index is 11.5. The number of thioether (sulfide) groups is 1. The summed E-state index contributed by atoms with van der Waals surface area (Å²) in [5.41, 5.74) is 5.54. The van der Waals surface area contributed by atoms with Gasteiger partial charge in [0.2, 0.25) is 0 Å². The number of aliphatic hydroxyl groups is 1. The van der Waals surface area contributed by atoms with Gasteiger partial charge in [-0.3, -0.25) is 0 Å². The summed E-state index contributed by atoms with van der Waals surface area (Å²) in [6.45, 7) is 0.838. The Balaban J connectivity index is 2.49. The van der Waals surface area contributed by atoms with Crippen LogP contribution in [-0.2, 0) is 9.84 Å². The van der Waals surface area contributed by atoms with Crippen LogP contribution in [0.4, 0.5) is 10.8 Å². The van der Waals surface area contributed by atoms with E-state index in [1.807, 2.05) is 0 Å². The van der Waals surface area contributed by atoms with Crippen molar-refractivity contribution in [3.05, 3.63) is 0 Å². The third-order valence-corrected chi connectivity index (χ3v) is 5.20. The molecule has 0 unspecified atom stereocenters. The van der Waals surface area contributed by atoms with E-state index in [-0.39, 0.29) is 17.3 Å². The summed E-state index contributed by atoms with van der Waals surface area (Å²) in [6, 6.07) is 0. The van der Waals surface area contributed by atoms with Crippen LogP contribution in [0, 0.1) is 0 Å². The molecule has 0 radical (unpaired) electrons. The van der Waals surface area contributed by atoms with Crippen LogP contribution in [0.25, 0.3) is 0 Å². The maximum Gasteiger partial charge on any atom is 0.182 e. The summed E-state index contributed by atoms with van der Waals surface area (Å²) in [4.78, 5) is 0.0906. The van der Waals surface area contributed by atoms with Crippen molar-refractivity contribution in [3.63, 3.8) is 0 Å². The molecular weight excluding hydrogens is 294 g/mol. The molecule has 0 aliphatic rings. The number of aromatic nitrogens is 1. The molecule has 1 aromatic heterocycles. The smallest absolute Gasteiger partial charge is 0.182 e. The van der Waals surface area contributed by atoms with E-state index in [9.17, 15) is 8.42 Å². The maximum absolute atomic E-state index is 11.5. The van der Waals surface area contributed by atoms with E-state index in [4.69, 9.17) is 10.8 Å². The molecular formula is C9H17N3O3S3. The Morgan fingerprint density at radius 1 is 1.50 bits per heavy atom. The molecule has 0 atom stereocenters. The van der Waals surface area contributed by atoms with E-state index < -0.39 is 9.84 Å². The van der Waals surface area contributed by atoms with Gasteiger partial charge in [0.1, 0.15) is 9.90 Å². The quantitative estimate of drug-likeness (QED) is 0.605. The van der Waals surface area contributed by atoms with E-state index in [0.29, 0.717) is 11.5 Å². The highest BCUT2D eigenvalue weighted by Crippen LogP contribution is 2.31.